The number of allylic oxidation sites excluding steroid dienone is 2. The van der Waals surface area contributed by atoms with Gasteiger partial charge in [0.05, 0.1) is 0 Å². The quantitative estimate of drug-likeness (QED) is 0.550. The lowest BCUT2D eigenvalue weighted by Gasteiger charge is -1.89. The molecule has 2 heterocycles. The minimum absolute atomic E-state index is 0.769. The average molecular weight is 134 g/mol. The Labute approximate surface area is 57.6 Å². The van der Waals surface area contributed by atoms with Gasteiger partial charge in [0.1, 0.15) is 5.69 Å². The van der Waals surface area contributed by atoms with Crippen molar-refractivity contribution in [1.82, 2.24) is 15.4 Å². The molecule has 1 aliphatic rings. The van der Waals surface area contributed by atoms with Gasteiger partial charge in [-0.2, -0.15) is 10.3 Å². The van der Waals surface area contributed by atoms with Crippen LogP contribution in [-0.4, -0.2) is 15.4 Å². The van der Waals surface area contributed by atoms with Gasteiger partial charge in [0.15, 0.2) is 5.82 Å². The van der Waals surface area contributed by atoms with Crippen molar-refractivity contribution >= 4 is 11.9 Å². The molecule has 1 aromatic rings. The monoisotopic (exact) mass is 134 g/mol. The predicted molar refractivity (Wildman–Crippen MR) is 38.2 cm³/mol. The van der Waals surface area contributed by atoms with Crippen molar-refractivity contribution in [3.05, 3.63) is 24.0 Å². The van der Waals surface area contributed by atoms with Gasteiger partial charge in [-0.1, -0.05) is 6.08 Å². The summed E-state index contributed by atoms with van der Waals surface area (Å²) in [5.41, 5.74) is 0.838. The van der Waals surface area contributed by atoms with Gasteiger partial charge in [-0.3, -0.25) is 0 Å². The highest BCUT2D eigenvalue weighted by molar-refractivity contribution is 5.62. The van der Waals surface area contributed by atoms with Gasteiger partial charge in [0, 0.05) is 6.20 Å². The lowest BCUT2D eigenvalue weighted by atomic mass is 10.4. The van der Waals surface area contributed by atoms with Crippen molar-refractivity contribution in [3.63, 3.8) is 0 Å². The van der Waals surface area contributed by atoms with Gasteiger partial charge >= 0.3 is 0 Å². The van der Waals surface area contributed by atoms with E-state index >= 15 is 0 Å². The van der Waals surface area contributed by atoms with Crippen LogP contribution in [0.2, 0.25) is 0 Å². The summed E-state index contributed by atoms with van der Waals surface area (Å²) >= 11 is 0. The Hall–Kier alpha value is -1.58. The summed E-state index contributed by atoms with van der Waals surface area (Å²) in [6.07, 6.45) is 7.49. The van der Waals surface area contributed by atoms with E-state index in [1.807, 2.05) is 24.4 Å². The molecule has 1 aromatic heterocycles. The molecule has 0 bridgehead atoms. The van der Waals surface area contributed by atoms with E-state index in [1.165, 1.54) is 0 Å². The van der Waals surface area contributed by atoms with Crippen molar-refractivity contribution in [2.24, 2.45) is 0 Å². The van der Waals surface area contributed by atoms with Crippen LogP contribution in [0.1, 0.15) is 5.69 Å². The zero-order chi connectivity index (χ0) is 6.81. The fourth-order valence-corrected chi connectivity index (χ4v) is 0.791. The summed E-state index contributed by atoms with van der Waals surface area (Å²) in [4.78, 5) is 0. The molecule has 10 heavy (non-hydrogen) atoms. The molecule has 0 atom stereocenters. The van der Waals surface area contributed by atoms with Gasteiger partial charge in [-0.05, 0) is 12.2 Å². The van der Waals surface area contributed by atoms with Crippen LogP contribution in [0.15, 0.2) is 18.4 Å². The summed E-state index contributed by atoms with van der Waals surface area (Å²) in [5, 5.41) is 13.2. The summed E-state index contributed by atoms with van der Waals surface area (Å²) in [6.45, 7) is 0. The van der Waals surface area contributed by atoms with E-state index < -0.39 is 0 Å². The van der Waals surface area contributed by atoms with Crippen molar-refractivity contribution in [2.45, 2.75) is 0 Å². The zero-order valence-corrected chi connectivity index (χ0v) is 5.20. The lowest BCUT2D eigenvalue weighted by molar-refractivity contribution is 0.938. The lowest BCUT2D eigenvalue weighted by Crippen LogP contribution is -1.87. The zero-order valence-electron chi connectivity index (χ0n) is 5.20. The molecule has 0 saturated heterocycles. The molecule has 2 N–H and O–H groups in total. The molecule has 50 valence electrons. The molecule has 0 amide bonds. The third kappa shape index (κ3) is 0.699. The first-order valence-corrected chi connectivity index (χ1v) is 2.97. The van der Waals surface area contributed by atoms with E-state index in [-0.39, 0.29) is 0 Å². The second kappa shape index (κ2) is 1.98. The summed E-state index contributed by atoms with van der Waals surface area (Å²) in [6, 6.07) is 0. The molecule has 4 nitrogen and oxygen atoms in total. The molecular weight excluding hydrogens is 128 g/mol. The van der Waals surface area contributed by atoms with Gasteiger partial charge in [0.25, 0.3) is 0 Å². The van der Waals surface area contributed by atoms with Crippen LogP contribution in [-0.2, 0) is 0 Å². The number of H-pyrrole nitrogens is 1. The SMILES string of the molecule is C1=CNc2n[nH]nc2C=C1. The van der Waals surface area contributed by atoms with Gasteiger partial charge < -0.3 is 5.32 Å². The molecule has 0 fully saturated rings. The molecule has 0 radical (unpaired) electrons. The highest BCUT2D eigenvalue weighted by atomic mass is 15.4. The van der Waals surface area contributed by atoms with Crippen LogP contribution in [0.4, 0.5) is 5.82 Å². The first kappa shape index (κ1) is 5.22. The minimum atomic E-state index is 0.769. The average Bonchev–Trinajstić information content (AvgIpc) is 2.28. The van der Waals surface area contributed by atoms with Crippen LogP contribution in [0.3, 0.4) is 0 Å². The topological polar surface area (TPSA) is 53.6 Å². The van der Waals surface area contributed by atoms with E-state index in [2.05, 4.69) is 20.7 Å². The summed E-state index contributed by atoms with van der Waals surface area (Å²) in [7, 11) is 0. The normalized spacial score (nSPS) is 14.0. The summed E-state index contributed by atoms with van der Waals surface area (Å²) in [5.74, 6) is 0.769. The van der Waals surface area contributed by atoms with E-state index in [0.29, 0.717) is 0 Å². The minimum Gasteiger partial charge on any atom is -0.343 e. The van der Waals surface area contributed by atoms with Crippen molar-refractivity contribution in [1.29, 1.82) is 0 Å². The van der Waals surface area contributed by atoms with Gasteiger partial charge in [-0.25, -0.2) is 0 Å². The maximum absolute atomic E-state index is 3.89. The highest BCUT2D eigenvalue weighted by Gasteiger charge is 2.01. The van der Waals surface area contributed by atoms with Crippen LogP contribution in [0.5, 0.6) is 0 Å². The molecule has 0 saturated carbocycles. The number of aromatic nitrogens is 3. The standard InChI is InChI=1S/C6H6N4/c1-2-4-7-6-5(3-1)8-10-9-6/h1-4H,(H2,7,8,9,10). The Morgan fingerprint density at radius 3 is 3.20 bits per heavy atom. The number of hydrogen-bond acceptors (Lipinski definition) is 3. The van der Waals surface area contributed by atoms with E-state index in [4.69, 9.17) is 0 Å². The van der Waals surface area contributed by atoms with E-state index in [9.17, 15) is 0 Å². The third-order valence-electron chi connectivity index (χ3n) is 1.26. The Kier molecular flexibility index (Phi) is 1.04. The van der Waals surface area contributed by atoms with Crippen molar-refractivity contribution in [2.75, 3.05) is 5.32 Å². The molecule has 1 aliphatic heterocycles. The van der Waals surface area contributed by atoms with Crippen LogP contribution in [0, 0.1) is 0 Å². The first-order valence-electron chi connectivity index (χ1n) is 2.97. The molecule has 0 aromatic carbocycles. The van der Waals surface area contributed by atoms with Crippen molar-refractivity contribution < 1.29 is 0 Å². The Balaban J connectivity index is 2.50. The molecule has 0 spiro atoms. The molecule has 0 aliphatic carbocycles. The maximum atomic E-state index is 3.89. The number of anilines is 1. The summed E-state index contributed by atoms with van der Waals surface area (Å²) < 4.78 is 0. The number of rotatable bonds is 0. The van der Waals surface area contributed by atoms with Gasteiger partial charge in [0.2, 0.25) is 0 Å². The van der Waals surface area contributed by atoms with E-state index in [0.717, 1.165) is 11.5 Å². The van der Waals surface area contributed by atoms with Crippen LogP contribution < -0.4 is 5.32 Å². The maximum Gasteiger partial charge on any atom is 0.179 e. The number of aromatic amines is 1. The Morgan fingerprint density at radius 1 is 1.20 bits per heavy atom. The largest absolute Gasteiger partial charge is 0.343 e. The van der Waals surface area contributed by atoms with Gasteiger partial charge in [-0.15, -0.1) is 5.10 Å². The van der Waals surface area contributed by atoms with Crippen LogP contribution in [0.25, 0.3) is 6.08 Å². The molecule has 2 rings (SSSR count). The fraction of sp³-hybridized carbons (Fsp3) is 0. The first-order chi connectivity index (χ1) is 4.97. The molecular formula is C6H6N4. The number of nitrogens with zero attached hydrogens (tertiary/aromatic N) is 2. The highest BCUT2D eigenvalue weighted by Crippen LogP contribution is 2.11. The Bertz CT molecular complexity index is 284. The molecule has 0 unspecified atom stereocenters. The number of nitrogens with one attached hydrogen (secondary N) is 2. The molecule has 4 heteroatoms. The second-order valence-electron chi connectivity index (χ2n) is 1.92. The second-order valence-corrected chi connectivity index (χ2v) is 1.92. The van der Waals surface area contributed by atoms with E-state index in [1.54, 1.807) is 0 Å². The smallest absolute Gasteiger partial charge is 0.179 e. The Morgan fingerprint density at radius 2 is 2.20 bits per heavy atom. The predicted octanol–water partition coefficient (Wildman–Crippen LogP) is 0.757. The number of fused-ring (bicyclic) bond motifs is 1. The van der Waals surface area contributed by atoms with Crippen LogP contribution >= 0.6 is 0 Å². The fourth-order valence-electron chi connectivity index (χ4n) is 0.791. The van der Waals surface area contributed by atoms with Crippen molar-refractivity contribution in [3.8, 4) is 0 Å². The number of hydrogen-bond donors (Lipinski definition) is 2. The third-order valence-corrected chi connectivity index (χ3v) is 1.26.